The number of sulfonamides is 1. The number of ether oxygens (including phenoxy) is 1. The minimum atomic E-state index is -4.13. The average Bonchev–Trinajstić information content (AvgIpc) is 2.95. The Morgan fingerprint density at radius 3 is 2.21 bits per heavy atom. The predicted octanol–water partition coefficient (Wildman–Crippen LogP) is 6.95. The molecule has 11 heteroatoms. The average molecular weight is 668 g/mol. The van der Waals surface area contributed by atoms with E-state index in [0.717, 1.165) is 33.1 Å². The van der Waals surface area contributed by atoms with E-state index in [2.05, 4.69) is 49.8 Å². The van der Waals surface area contributed by atoms with Crippen LogP contribution in [0.15, 0.2) is 82.2 Å². The molecule has 3 aromatic carbocycles. The molecule has 0 saturated heterocycles. The zero-order valence-electron chi connectivity index (χ0n) is 24.5. The van der Waals surface area contributed by atoms with E-state index in [-0.39, 0.29) is 22.3 Å². The van der Waals surface area contributed by atoms with Crippen molar-refractivity contribution in [2.24, 2.45) is 5.92 Å². The number of rotatable bonds is 13. The van der Waals surface area contributed by atoms with Crippen LogP contribution in [0.3, 0.4) is 0 Å². The molecule has 0 amide bonds. The Bertz CT molecular complexity index is 1660. The van der Waals surface area contributed by atoms with Crippen molar-refractivity contribution in [2.75, 3.05) is 4.72 Å². The minimum absolute atomic E-state index is 0.0222. The number of hydrogen-bond acceptors (Lipinski definition) is 7. The molecule has 0 aliphatic rings. The van der Waals surface area contributed by atoms with Gasteiger partial charge in [-0.05, 0) is 85.7 Å². The van der Waals surface area contributed by atoms with E-state index in [1.54, 1.807) is 6.07 Å². The van der Waals surface area contributed by atoms with Crippen LogP contribution in [-0.4, -0.2) is 35.7 Å². The van der Waals surface area contributed by atoms with Crippen LogP contribution < -0.4 is 14.8 Å². The van der Waals surface area contributed by atoms with Crippen molar-refractivity contribution >= 4 is 37.9 Å². The van der Waals surface area contributed by atoms with Crippen molar-refractivity contribution in [3.63, 3.8) is 0 Å². The summed E-state index contributed by atoms with van der Waals surface area (Å²) >= 11 is 3.47. The summed E-state index contributed by atoms with van der Waals surface area (Å²) in [5.41, 5.74) is 4.35. The molecule has 226 valence electrons. The van der Waals surface area contributed by atoms with Gasteiger partial charge in [-0.25, -0.2) is 22.9 Å². The molecule has 43 heavy (non-hydrogen) atoms. The molecule has 0 aliphatic heterocycles. The van der Waals surface area contributed by atoms with Crippen LogP contribution in [0.1, 0.15) is 53.7 Å². The molecule has 3 N–H and O–H groups in total. The normalized spacial score (nSPS) is 12.2. The molecule has 4 rings (SSSR count). The second-order valence-corrected chi connectivity index (χ2v) is 13.3. The van der Waals surface area contributed by atoms with Crippen LogP contribution in [0, 0.1) is 19.8 Å². The number of aromatic carboxylic acids is 1. The second-order valence-electron chi connectivity index (χ2n) is 10.7. The van der Waals surface area contributed by atoms with Crippen molar-refractivity contribution in [2.45, 2.75) is 58.2 Å². The Kier molecular flexibility index (Phi) is 10.5. The smallest absolute Gasteiger partial charge is 0.335 e. The number of aromatic nitrogens is 2. The van der Waals surface area contributed by atoms with Crippen molar-refractivity contribution < 1.29 is 23.1 Å². The van der Waals surface area contributed by atoms with Crippen LogP contribution in [0.25, 0.3) is 11.3 Å². The third-order valence-electron chi connectivity index (χ3n) is 6.79. The SMILES string of the molecule is Cc1cccc(C)c1-c1cc(O[C@H](CCC(C)C)NCc2ccc(Br)cc2)nc(NS(=O)(=O)c2ccc(C(=O)O)cc2)n1. The molecule has 0 fully saturated rings. The van der Waals surface area contributed by atoms with Crippen molar-refractivity contribution in [3.8, 4) is 17.1 Å². The van der Waals surface area contributed by atoms with Gasteiger partial charge in [0.25, 0.3) is 10.0 Å². The van der Waals surface area contributed by atoms with Gasteiger partial charge in [-0.15, -0.1) is 0 Å². The van der Waals surface area contributed by atoms with E-state index >= 15 is 0 Å². The number of aryl methyl sites for hydroxylation is 2. The molecule has 1 aromatic heterocycles. The summed E-state index contributed by atoms with van der Waals surface area (Å²) in [4.78, 5) is 20.1. The first kappa shape index (κ1) is 32.1. The highest BCUT2D eigenvalue weighted by atomic mass is 79.9. The number of carbonyl (C=O) groups is 1. The number of carboxylic acids is 1. The summed E-state index contributed by atoms with van der Waals surface area (Å²) in [6.45, 7) is 8.78. The maximum atomic E-state index is 13.3. The van der Waals surface area contributed by atoms with Gasteiger partial charge in [0, 0.05) is 22.6 Å². The van der Waals surface area contributed by atoms with Gasteiger partial charge in [0.1, 0.15) is 0 Å². The fourth-order valence-electron chi connectivity index (χ4n) is 4.50. The second kappa shape index (κ2) is 14.1. The number of benzene rings is 3. The Morgan fingerprint density at radius 1 is 0.953 bits per heavy atom. The molecule has 0 spiro atoms. The Morgan fingerprint density at radius 2 is 1.60 bits per heavy atom. The van der Waals surface area contributed by atoms with Crippen LogP contribution in [0.5, 0.6) is 5.88 Å². The lowest BCUT2D eigenvalue weighted by atomic mass is 10.00. The Balaban J connectivity index is 1.69. The molecule has 0 bridgehead atoms. The van der Waals surface area contributed by atoms with Crippen LogP contribution >= 0.6 is 15.9 Å². The first-order valence-electron chi connectivity index (χ1n) is 13.9. The summed E-state index contributed by atoms with van der Waals surface area (Å²) < 4.78 is 36.4. The summed E-state index contributed by atoms with van der Waals surface area (Å²) in [5.74, 6) is -0.647. The molecular weight excluding hydrogens is 632 g/mol. The van der Waals surface area contributed by atoms with Gasteiger partial charge in [0.05, 0.1) is 16.2 Å². The molecule has 0 aliphatic carbocycles. The largest absolute Gasteiger partial charge is 0.478 e. The van der Waals surface area contributed by atoms with E-state index in [9.17, 15) is 18.3 Å². The molecule has 0 unspecified atom stereocenters. The Labute approximate surface area is 260 Å². The Hall–Kier alpha value is -3.80. The molecule has 0 radical (unpaired) electrons. The van der Waals surface area contributed by atoms with Crippen LogP contribution in [-0.2, 0) is 16.6 Å². The van der Waals surface area contributed by atoms with E-state index in [4.69, 9.17) is 4.74 Å². The summed E-state index contributed by atoms with van der Waals surface area (Å²) in [7, 11) is -4.13. The lowest BCUT2D eigenvalue weighted by Gasteiger charge is -2.22. The monoisotopic (exact) mass is 666 g/mol. The summed E-state index contributed by atoms with van der Waals surface area (Å²) in [6.07, 6.45) is 1.20. The van der Waals surface area contributed by atoms with Gasteiger partial charge in [0.2, 0.25) is 11.8 Å². The van der Waals surface area contributed by atoms with Crippen LogP contribution in [0.4, 0.5) is 5.95 Å². The zero-order valence-corrected chi connectivity index (χ0v) is 26.9. The third-order valence-corrected chi connectivity index (χ3v) is 8.67. The van der Waals surface area contributed by atoms with Crippen molar-refractivity contribution in [3.05, 3.63) is 99.5 Å². The van der Waals surface area contributed by atoms with Gasteiger partial charge in [-0.3, -0.25) is 5.32 Å². The molecule has 9 nitrogen and oxygen atoms in total. The third kappa shape index (κ3) is 8.85. The maximum absolute atomic E-state index is 13.3. The summed E-state index contributed by atoms with van der Waals surface area (Å²) in [6, 6.07) is 20.5. The van der Waals surface area contributed by atoms with Crippen LogP contribution in [0.2, 0.25) is 0 Å². The topological polar surface area (TPSA) is 131 Å². The molecule has 0 saturated carbocycles. The first-order chi connectivity index (χ1) is 20.4. The summed E-state index contributed by atoms with van der Waals surface area (Å²) in [5, 5.41) is 12.6. The van der Waals surface area contributed by atoms with Gasteiger partial charge in [-0.1, -0.05) is 60.1 Å². The standard InChI is InChI=1S/C32H35BrN4O5S/c1-20(2)8-17-28(34-19-23-9-13-25(33)14-10-23)42-29-18-27(30-21(3)6-5-7-22(30)4)35-32(36-29)37-43(40,41)26-15-11-24(12-16-26)31(38)39/h5-7,9-16,18,20,28,34H,8,17,19H2,1-4H3,(H,38,39)(H,35,36,37)/t28-/m1/s1. The lowest BCUT2D eigenvalue weighted by Crippen LogP contribution is -2.34. The first-order valence-corrected chi connectivity index (χ1v) is 16.1. The quantitative estimate of drug-likeness (QED) is 0.131. The number of hydrogen-bond donors (Lipinski definition) is 3. The zero-order chi connectivity index (χ0) is 31.1. The highest BCUT2D eigenvalue weighted by Gasteiger charge is 2.21. The van der Waals surface area contributed by atoms with Crippen molar-refractivity contribution in [1.82, 2.24) is 15.3 Å². The van der Waals surface area contributed by atoms with Gasteiger partial charge in [0.15, 0.2) is 6.23 Å². The number of anilines is 1. The van der Waals surface area contributed by atoms with Gasteiger partial charge in [-0.2, -0.15) is 4.98 Å². The highest BCUT2D eigenvalue weighted by molar-refractivity contribution is 9.10. The van der Waals surface area contributed by atoms with E-state index in [0.29, 0.717) is 24.6 Å². The molecule has 1 atom stereocenters. The highest BCUT2D eigenvalue weighted by Crippen LogP contribution is 2.30. The molecule has 1 heterocycles. The van der Waals surface area contributed by atoms with Gasteiger partial charge < -0.3 is 9.84 Å². The van der Waals surface area contributed by atoms with E-state index in [1.165, 1.54) is 24.3 Å². The van der Waals surface area contributed by atoms with Crippen molar-refractivity contribution in [1.29, 1.82) is 0 Å². The molecule has 4 aromatic rings. The molecular formula is C32H35BrN4O5S. The predicted molar refractivity (Wildman–Crippen MR) is 171 cm³/mol. The van der Waals surface area contributed by atoms with E-state index in [1.807, 2.05) is 56.3 Å². The van der Waals surface area contributed by atoms with E-state index < -0.39 is 22.2 Å². The fourth-order valence-corrected chi connectivity index (χ4v) is 5.71. The number of nitrogens with zero attached hydrogens (tertiary/aromatic N) is 2. The lowest BCUT2D eigenvalue weighted by molar-refractivity contribution is 0.0696. The fraction of sp³-hybridized carbons (Fsp3) is 0.281. The number of halogens is 1. The van der Waals surface area contributed by atoms with Gasteiger partial charge >= 0.3 is 5.97 Å². The number of carboxylic acid groups (broad SMARTS) is 1. The maximum Gasteiger partial charge on any atom is 0.335 e. The minimum Gasteiger partial charge on any atom is -0.478 e. The number of nitrogens with one attached hydrogen (secondary N) is 2.